The molecule has 0 bridgehead atoms. The Balaban J connectivity index is 0. The maximum absolute atomic E-state index is 10.4. The maximum Gasteiger partial charge on any atom is 0.194 e. The summed E-state index contributed by atoms with van der Waals surface area (Å²) in [6.07, 6.45) is 0. The van der Waals surface area contributed by atoms with Crippen LogP contribution in [-0.2, 0) is 0 Å². The number of hydrogen-bond donors (Lipinski definition) is 2. The van der Waals surface area contributed by atoms with E-state index in [0.29, 0.717) is 28.1 Å². The van der Waals surface area contributed by atoms with Crippen LogP contribution in [0.4, 0.5) is 11.4 Å². The van der Waals surface area contributed by atoms with Gasteiger partial charge in [-0.2, -0.15) is 0 Å². The van der Waals surface area contributed by atoms with Gasteiger partial charge in [-0.1, -0.05) is 0 Å². The second kappa shape index (κ2) is 8.61. The van der Waals surface area contributed by atoms with Gasteiger partial charge in [-0.15, -0.1) is 0 Å². The highest BCUT2D eigenvalue weighted by molar-refractivity contribution is 5.54. The average Bonchev–Trinajstić information content (AvgIpc) is 2.16. The molecule has 0 atom stereocenters. The minimum absolute atomic E-state index is 0. The topological polar surface area (TPSA) is 88.6 Å². The standard InChI is InChI=1S/C7H10N2O3.2HI/c1-12-5-2-3-6(8-10)7(4-5)9-11;;/h2-4H,8-9H2,1H3;2*1H/p-2. The first-order valence-electron chi connectivity index (χ1n) is 3.40. The quantitative estimate of drug-likeness (QED) is 0.288. The summed E-state index contributed by atoms with van der Waals surface area (Å²) < 4.78 is 4.88. The van der Waals surface area contributed by atoms with Crippen molar-refractivity contribution >= 4 is 11.4 Å². The molecule has 82 valence electrons. The lowest BCUT2D eigenvalue weighted by Gasteiger charge is -2.09. The Morgan fingerprint density at radius 2 is 1.64 bits per heavy atom. The van der Waals surface area contributed by atoms with E-state index in [1.807, 2.05) is 0 Å². The highest BCUT2D eigenvalue weighted by atomic mass is 127. The summed E-state index contributed by atoms with van der Waals surface area (Å²) in [5.41, 5.74) is 2.00. The van der Waals surface area contributed by atoms with Crippen LogP contribution < -0.4 is 63.7 Å². The molecule has 0 aliphatic heterocycles. The van der Waals surface area contributed by atoms with E-state index >= 15 is 0 Å². The van der Waals surface area contributed by atoms with Gasteiger partial charge < -0.3 is 74.1 Å². The molecule has 0 saturated heterocycles. The van der Waals surface area contributed by atoms with Crippen LogP contribution in [0.1, 0.15) is 0 Å². The second-order valence-electron chi connectivity index (χ2n) is 2.23. The molecule has 0 amide bonds. The van der Waals surface area contributed by atoms with Crippen LogP contribution in [0.25, 0.3) is 0 Å². The van der Waals surface area contributed by atoms with E-state index in [2.05, 4.69) is 0 Å². The Kier molecular flexibility index (Phi) is 10.3. The SMILES string of the molecule is COc1ccc([NH2+][O-])c([NH2+][O-])c1.[I-].[I-]. The number of nitrogens with two attached hydrogens (primary N) is 2. The Hall–Kier alpha value is 0.320. The van der Waals surface area contributed by atoms with E-state index < -0.39 is 0 Å². The Labute approximate surface area is 116 Å². The molecule has 0 aliphatic rings. The van der Waals surface area contributed by atoms with Crippen LogP contribution in [0.5, 0.6) is 5.75 Å². The van der Waals surface area contributed by atoms with E-state index in [-0.39, 0.29) is 48.0 Å². The summed E-state index contributed by atoms with van der Waals surface area (Å²) in [6.45, 7) is 0. The van der Waals surface area contributed by atoms with Gasteiger partial charge in [-0.25, -0.2) is 0 Å². The number of hydrogen-bond acceptors (Lipinski definition) is 3. The van der Waals surface area contributed by atoms with Gasteiger partial charge in [-0.05, 0) is 6.07 Å². The van der Waals surface area contributed by atoms with Crippen molar-refractivity contribution in [2.75, 3.05) is 7.11 Å². The van der Waals surface area contributed by atoms with Gasteiger partial charge in [0.05, 0.1) is 7.11 Å². The van der Waals surface area contributed by atoms with Gasteiger partial charge in [0.25, 0.3) is 0 Å². The van der Waals surface area contributed by atoms with E-state index in [4.69, 9.17) is 4.74 Å². The van der Waals surface area contributed by atoms with E-state index in [0.717, 1.165) is 0 Å². The summed E-state index contributed by atoms with van der Waals surface area (Å²) in [5, 5.41) is 20.8. The molecule has 4 N–H and O–H groups in total. The molecule has 14 heavy (non-hydrogen) atoms. The van der Waals surface area contributed by atoms with Crippen molar-refractivity contribution < 1.29 is 63.7 Å². The lowest BCUT2D eigenvalue weighted by molar-refractivity contribution is -0.534. The predicted octanol–water partition coefficient (Wildman–Crippen LogP) is -6.91. The molecule has 1 aromatic carbocycles. The fraction of sp³-hybridized carbons (Fsp3) is 0.143. The molecule has 0 aliphatic carbocycles. The summed E-state index contributed by atoms with van der Waals surface area (Å²) in [5.74, 6) is 0.572. The molecule has 0 spiro atoms. The molecule has 0 heterocycles. The highest BCUT2D eigenvalue weighted by Gasteiger charge is 2.05. The van der Waals surface area contributed by atoms with Crippen molar-refractivity contribution in [3.8, 4) is 5.75 Å². The molecule has 1 aromatic rings. The van der Waals surface area contributed by atoms with E-state index in [1.165, 1.54) is 13.2 Å². The molecule has 0 saturated carbocycles. The molecular formula is C7H10I2N2O3-2. The third-order valence-electron chi connectivity index (χ3n) is 1.55. The summed E-state index contributed by atoms with van der Waals surface area (Å²) in [7, 11) is 1.50. The molecule has 0 fully saturated rings. The maximum atomic E-state index is 10.4. The van der Waals surface area contributed by atoms with Crippen LogP contribution in [0.3, 0.4) is 0 Å². The minimum atomic E-state index is 0. The number of halogens is 2. The number of benzene rings is 1. The Morgan fingerprint density at radius 3 is 2.07 bits per heavy atom. The Bertz CT molecular complexity index is 273. The molecule has 5 nitrogen and oxygen atoms in total. The summed E-state index contributed by atoms with van der Waals surface area (Å²) in [6, 6.07) is 4.71. The number of methoxy groups -OCH3 is 1. The predicted molar refractivity (Wildman–Crippen MR) is 42.9 cm³/mol. The fourth-order valence-corrected chi connectivity index (χ4v) is 0.889. The molecule has 0 radical (unpaired) electrons. The number of ether oxygens (including phenoxy) is 1. The van der Waals surface area contributed by atoms with Crippen molar-refractivity contribution in [3.05, 3.63) is 28.6 Å². The minimum Gasteiger partial charge on any atom is -1.00 e. The zero-order valence-electron chi connectivity index (χ0n) is 7.37. The van der Waals surface area contributed by atoms with Gasteiger partial charge in [0, 0.05) is 12.1 Å². The van der Waals surface area contributed by atoms with Gasteiger partial charge in [0.2, 0.25) is 0 Å². The Morgan fingerprint density at radius 1 is 1.07 bits per heavy atom. The summed E-state index contributed by atoms with van der Waals surface area (Å²) >= 11 is 0. The second-order valence-corrected chi connectivity index (χ2v) is 2.23. The first kappa shape index (κ1) is 16.7. The summed E-state index contributed by atoms with van der Waals surface area (Å²) in [4.78, 5) is 0. The molecular weight excluding hydrogens is 414 g/mol. The monoisotopic (exact) mass is 424 g/mol. The molecule has 1 rings (SSSR count). The highest BCUT2D eigenvalue weighted by Crippen LogP contribution is 2.18. The van der Waals surface area contributed by atoms with Crippen molar-refractivity contribution in [1.82, 2.24) is 0 Å². The van der Waals surface area contributed by atoms with Crippen LogP contribution in [0.2, 0.25) is 0 Å². The molecule has 7 heteroatoms. The van der Waals surface area contributed by atoms with Gasteiger partial charge in [0.15, 0.2) is 11.4 Å². The number of quaternary nitrogens is 2. The van der Waals surface area contributed by atoms with Gasteiger partial charge in [0.1, 0.15) is 5.75 Å². The largest absolute Gasteiger partial charge is 1.00 e. The average molecular weight is 424 g/mol. The van der Waals surface area contributed by atoms with Crippen molar-refractivity contribution in [2.45, 2.75) is 0 Å². The normalized spacial score (nSPS) is 8.50. The first-order valence-corrected chi connectivity index (χ1v) is 3.40. The molecule has 0 aromatic heterocycles. The van der Waals surface area contributed by atoms with E-state index in [1.54, 1.807) is 12.1 Å². The van der Waals surface area contributed by atoms with Crippen molar-refractivity contribution in [1.29, 1.82) is 0 Å². The first-order chi connectivity index (χ1) is 5.81. The molecule has 0 unspecified atom stereocenters. The zero-order chi connectivity index (χ0) is 8.97. The third kappa shape index (κ3) is 4.23. The van der Waals surface area contributed by atoms with Crippen LogP contribution in [-0.4, -0.2) is 7.11 Å². The van der Waals surface area contributed by atoms with Crippen LogP contribution >= 0.6 is 0 Å². The van der Waals surface area contributed by atoms with Crippen molar-refractivity contribution in [3.63, 3.8) is 0 Å². The smallest absolute Gasteiger partial charge is 0.194 e. The van der Waals surface area contributed by atoms with Crippen LogP contribution in [0.15, 0.2) is 18.2 Å². The number of rotatable bonds is 3. The lowest BCUT2D eigenvalue weighted by atomic mass is 10.2. The van der Waals surface area contributed by atoms with E-state index in [9.17, 15) is 10.4 Å². The lowest BCUT2D eigenvalue weighted by Crippen LogP contribution is -3.00. The van der Waals surface area contributed by atoms with Gasteiger partial charge in [-0.3, -0.25) is 0 Å². The van der Waals surface area contributed by atoms with Crippen molar-refractivity contribution in [2.24, 2.45) is 0 Å². The fourth-order valence-electron chi connectivity index (χ4n) is 0.889. The third-order valence-corrected chi connectivity index (χ3v) is 1.55. The zero-order valence-corrected chi connectivity index (χ0v) is 11.7. The van der Waals surface area contributed by atoms with Gasteiger partial charge >= 0.3 is 0 Å². The van der Waals surface area contributed by atoms with Crippen LogP contribution in [0, 0.1) is 10.4 Å².